The van der Waals surface area contributed by atoms with Crippen molar-refractivity contribution in [3.05, 3.63) is 76.9 Å². The molecule has 3 aromatic rings. The van der Waals surface area contributed by atoms with Gasteiger partial charge >= 0.3 is 10.2 Å². The summed E-state index contributed by atoms with van der Waals surface area (Å²) in [7, 11) is 0.410. The lowest BCUT2D eigenvalue weighted by molar-refractivity contribution is -0.127. The molecule has 0 bridgehead atoms. The molecule has 1 aliphatic carbocycles. The fraction of sp³-hybridized carbons (Fsp3) is 0.457. The third kappa shape index (κ3) is 6.34. The normalized spacial score (nSPS) is 21.0. The van der Waals surface area contributed by atoms with E-state index in [1.165, 1.54) is 46.0 Å². The van der Waals surface area contributed by atoms with Crippen LogP contribution in [0.25, 0.3) is 6.08 Å². The highest BCUT2D eigenvalue weighted by Crippen LogP contribution is 2.57. The first-order valence-corrected chi connectivity index (χ1v) is 18.3. The molecule has 0 spiro atoms. The monoisotopic (exact) mass is 686 g/mol. The number of anilines is 2. The molecule has 2 amide bonds. The number of ether oxygens (including phenoxy) is 1. The van der Waals surface area contributed by atoms with E-state index in [1.807, 2.05) is 29.2 Å². The number of nitrogens with one attached hydrogen (secondary N) is 1. The van der Waals surface area contributed by atoms with Gasteiger partial charge in [0, 0.05) is 69.6 Å². The number of carbonyl (C=O) groups excluding carboxylic acids is 2. The lowest BCUT2D eigenvalue weighted by Crippen LogP contribution is -2.50. The van der Waals surface area contributed by atoms with Gasteiger partial charge in [-0.1, -0.05) is 31.4 Å². The molecular formula is C35H42N8O5S. The molecule has 1 saturated heterocycles. The molecule has 4 aliphatic rings. The van der Waals surface area contributed by atoms with Crippen LogP contribution in [0.1, 0.15) is 71.1 Å². The van der Waals surface area contributed by atoms with E-state index in [-0.39, 0.29) is 23.4 Å². The summed E-state index contributed by atoms with van der Waals surface area (Å²) in [5.41, 5.74) is 4.94. The summed E-state index contributed by atoms with van der Waals surface area (Å²) in [5.74, 6) is 1.13. The number of methoxy groups -OCH3 is 1. The third-order valence-corrected chi connectivity index (χ3v) is 11.8. The van der Waals surface area contributed by atoms with Crippen LogP contribution < -0.4 is 19.3 Å². The number of nitrogens with zero attached hydrogens (tertiary/aromatic N) is 7. The first-order chi connectivity index (χ1) is 23.6. The van der Waals surface area contributed by atoms with Gasteiger partial charge in [0.15, 0.2) is 0 Å². The summed E-state index contributed by atoms with van der Waals surface area (Å²) in [6.07, 6.45) is 10.7. The van der Waals surface area contributed by atoms with Crippen molar-refractivity contribution < 1.29 is 22.7 Å². The van der Waals surface area contributed by atoms with Crippen LogP contribution in [-0.4, -0.2) is 98.3 Å². The molecule has 2 fully saturated rings. The highest BCUT2D eigenvalue weighted by atomic mass is 32.2. The molecule has 3 aliphatic heterocycles. The molecule has 1 aromatic heterocycles. The third-order valence-electron chi connectivity index (χ3n) is 10.4. The molecule has 1 saturated carbocycles. The Kier molecular flexibility index (Phi) is 9.01. The second-order valence-corrected chi connectivity index (χ2v) is 15.3. The van der Waals surface area contributed by atoms with Crippen molar-refractivity contribution in [3.8, 4) is 5.75 Å². The highest BCUT2D eigenvalue weighted by Gasteiger charge is 2.46. The lowest BCUT2D eigenvalue weighted by Gasteiger charge is -2.37. The fourth-order valence-electron chi connectivity index (χ4n) is 7.88. The van der Waals surface area contributed by atoms with E-state index < -0.39 is 16.1 Å². The van der Waals surface area contributed by atoms with Crippen LogP contribution in [0.2, 0.25) is 0 Å². The average molecular weight is 687 g/mol. The van der Waals surface area contributed by atoms with Crippen LogP contribution in [0.4, 0.5) is 11.6 Å². The number of amides is 2. The molecule has 49 heavy (non-hydrogen) atoms. The van der Waals surface area contributed by atoms with Crippen LogP contribution >= 0.6 is 0 Å². The summed E-state index contributed by atoms with van der Waals surface area (Å²) >= 11 is 0. The van der Waals surface area contributed by atoms with Gasteiger partial charge in [-0.05, 0) is 65.8 Å². The molecule has 4 heterocycles. The second kappa shape index (κ2) is 13.4. The van der Waals surface area contributed by atoms with Crippen molar-refractivity contribution in [2.75, 3.05) is 63.7 Å². The Balaban J connectivity index is 1.27. The van der Waals surface area contributed by atoms with Gasteiger partial charge in [0.25, 0.3) is 11.8 Å². The molecule has 13 nitrogen and oxygen atoms in total. The Labute approximate surface area is 287 Å². The fourth-order valence-corrected chi connectivity index (χ4v) is 8.41. The largest absolute Gasteiger partial charge is 0.497 e. The number of rotatable bonds is 7. The zero-order valence-corrected chi connectivity index (χ0v) is 28.9. The summed E-state index contributed by atoms with van der Waals surface area (Å²) in [4.78, 5) is 46.4. The molecule has 2 atom stereocenters. The molecule has 7 rings (SSSR count). The van der Waals surface area contributed by atoms with Crippen molar-refractivity contribution in [2.24, 2.45) is 5.92 Å². The Morgan fingerprint density at radius 2 is 1.65 bits per heavy atom. The predicted octanol–water partition coefficient (Wildman–Crippen LogP) is 3.39. The molecule has 258 valence electrons. The Morgan fingerprint density at radius 1 is 0.939 bits per heavy atom. The van der Waals surface area contributed by atoms with E-state index in [2.05, 4.69) is 35.5 Å². The topological polar surface area (TPSA) is 141 Å². The van der Waals surface area contributed by atoms with Gasteiger partial charge in [-0.2, -0.15) is 12.7 Å². The smallest absolute Gasteiger partial charge is 0.303 e. The van der Waals surface area contributed by atoms with Gasteiger partial charge in [-0.3, -0.25) is 9.59 Å². The molecule has 14 heteroatoms. The van der Waals surface area contributed by atoms with Gasteiger partial charge in [-0.25, -0.2) is 19.7 Å². The maximum Gasteiger partial charge on any atom is 0.303 e. The van der Waals surface area contributed by atoms with Crippen LogP contribution in [-0.2, 0) is 15.0 Å². The van der Waals surface area contributed by atoms with E-state index in [4.69, 9.17) is 4.74 Å². The summed E-state index contributed by atoms with van der Waals surface area (Å²) in [5, 5.41) is 0. The number of hydrogen-bond donors (Lipinski definition) is 1. The Morgan fingerprint density at radius 3 is 2.35 bits per heavy atom. The predicted molar refractivity (Wildman–Crippen MR) is 186 cm³/mol. The first kappa shape index (κ1) is 33.0. The first-order valence-electron chi connectivity index (χ1n) is 16.8. The van der Waals surface area contributed by atoms with Gasteiger partial charge in [0.05, 0.1) is 13.2 Å². The summed E-state index contributed by atoms with van der Waals surface area (Å²) in [6.45, 7) is 2.57. The number of aromatic nitrogens is 3. The minimum atomic E-state index is -3.98. The van der Waals surface area contributed by atoms with Gasteiger partial charge in [0.2, 0.25) is 5.95 Å². The summed E-state index contributed by atoms with van der Waals surface area (Å²) in [6, 6.07) is 11.5. The maximum atomic E-state index is 14.4. The lowest BCUT2D eigenvalue weighted by atomic mass is 9.73. The van der Waals surface area contributed by atoms with Crippen molar-refractivity contribution in [1.29, 1.82) is 0 Å². The van der Waals surface area contributed by atoms with E-state index in [0.29, 0.717) is 55.9 Å². The quantitative estimate of drug-likeness (QED) is 0.393. The van der Waals surface area contributed by atoms with E-state index in [0.717, 1.165) is 39.5 Å². The van der Waals surface area contributed by atoms with Gasteiger partial charge in [-0.15, -0.1) is 0 Å². The molecule has 1 N–H and O–H groups in total. The Bertz CT molecular complexity index is 1870. The molecular weight excluding hydrogens is 645 g/mol. The molecule has 2 aromatic carbocycles. The number of fused-ring (bicyclic) bond motifs is 5. The van der Waals surface area contributed by atoms with Crippen molar-refractivity contribution in [1.82, 2.24) is 28.9 Å². The number of hydrogen-bond acceptors (Lipinski definition) is 10. The van der Waals surface area contributed by atoms with Crippen molar-refractivity contribution in [2.45, 2.75) is 44.1 Å². The van der Waals surface area contributed by atoms with Gasteiger partial charge in [0.1, 0.15) is 18.4 Å². The zero-order valence-electron chi connectivity index (χ0n) is 28.1. The van der Waals surface area contributed by atoms with E-state index >= 15 is 0 Å². The number of carbonyl (C=O) groups is 2. The minimum Gasteiger partial charge on any atom is -0.497 e. The van der Waals surface area contributed by atoms with E-state index in [9.17, 15) is 18.0 Å². The zero-order chi connectivity index (χ0) is 34.3. The highest BCUT2D eigenvalue weighted by molar-refractivity contribution is 7.87. The molecule has 2 unspecified atom stereocenters. The second-order valence-electron chi connectivity index (χ2n) is 13.4. The number of benzene rings is 2. The van der Waals surface area contributed by atoms with Crippen molar-refractivity contribution in [3.63, 3.8) is 0 Å². The van der Waals surface area contributed by atoms with Crippen LogP contribution in [0.5, 0.6) is 5.75 Å². The van der Waals surface area contributed by atoms with Crippen LogP contribution in [0.15, 0.2) is 54.6 Å². The van der Waals surface area contributed by atoms with E-state index in [1.54, 1.807) is 19.2 Å². The Hall–Kier alpha value is -4.56. The minimum absolute atomic E-state index is 0.0432. The number of piperazine rings is 1. The summed E-state index contributed by atoms with van der Waals surface area (Å²) < 4.78 is 33.9. The van der Waals surface area contributed by atoms with Crippen LogP contribution in [0, 0.1) is 5.92 Å². The SMILES string of the molecule is COc1ccc2c(c1)C=C(C(=O)N1CCN(c3ncncn3)CC1)CN1c3cc(C(=O)NS(=O)(=O)N(C)C)ccc3C(C3CCCCC3)C21. The van der Waals surface area contributed by atoms with Gasteiger partial charge < -0.3 is 19.4 Å². The maximum absolute atomic E-state index is 14.4. The average Bonchev–Trinajstić information content (AvgIpc) is 3.34. The van der Waals surface area contributed by atoms with Crippen LogP contribution in [0.3, 0.4) is 0 Å². The van der Waals surface area contributed by atoms with Crippen molar-refractivity contribution >= 4 is 39.7 Å². The molecule has 0 radical (unpaired) electrons. The standard InChI is InChI=1S/C35H42N8O5S/c1-40(2)49(46,47)39-33(44)24-9-11-29-30(19-24)43-20-26(34(45)41-13-15-42(16-14-41)35-37-21-36-22-38-35)17-25-18-27(48-3)10-12-28(25)32(43)31(29)23-7-5-4-6-8-23/h9-12,17-19,21-23,31-32H,4-8,13-16,20H2,1-3H3,(H,39,44).